The maximum absolute atomic E-state index is 12.4. The molecule has 106 valence electrons. The summed E-state index contributed by atoms with van der Waals surface area (Å²) >= 11 is 0. The van der Waals surface area contributed by atoms with Gasteiger partial charge in [-0.2, -0.15) is 13.2 Å². The first kappa shape index (κ1) is 14.0. The molecule has 0 aliphatic carbocycles. The number of carbonyl (C=O) groups excluding carboxylic acids is 1. The Morgan fingerprint density at radius 1 is 1.30 bits per heavy atom. The second-order valence-electron chi connectivity index (χ2n) is 3.81. The second-order valence-corrected chi connectivity index (χ2v) is 3.81. The number of hydrogen-bond acceptors (Lipinski definition) is 4. The van der Waals surface area contributed by atoms with Gasteiger partial charge in [0.2, 0.25) is 0 Å². The van der Waals surface area contributed by atoms with E-state index in [2.05, 4.69) is 10.3 Å². The summed E-state index contributed by atoms with van der Waals surface area (Å²) in [5.74, 6) is -0.492. The average Bonchev–Trinajstić information content (AvgIpc) is 2.89. The Morgan fingerprint density at radius 2 is 1.95 bits per heavy atom. The number of hydrogen-bond donors (Lipinski definition) is 0. The highest BCUT2D eigenvalue weighted by Crippen LogP contribution is 2.27. The zero-order valence-electron chi connectivity index (χ0n) is 10.4. The largest absolute Gasteiger partial charge is 0.462 e. The Labute approximate surface area is 112 Å². The van der Waals surface area contributed by atoms with Gasteiger partial charge in [-0.3, -0.25) is 0 Å². The highest BCUT2D eigenvalue weighted by molar-refractivity contribution is 5.89. The van der Waals surface area contributed by atoms with E-state index < -0.39 is 17.8 Å². The lowest BCUT2D eigenvalue weighted by Gasteiger charge is -2.03. The lowest BCUT2D eigenvalue weighted by Crippen LogP contribution is -2.05. The van der Waals surface area contributed by atoms with Crippen LogP contribution in [-0.2, 0) is 10.9 Å². The fourth-order valence-corrected chi connectivity index (χ4v) is 1.48. The van der Waals surface area contributed by atoms with E-state index >= 15 is 0 Å². The van der Waals surface area contributed by atoms with Crippen LogP contribution in [0.3, 0.4) is 0 Å². The van der Waals surface area contributed by atoms with Gasteiger partial charge in [-0.05, 0) is 31.2 Å². The Bertz CT molecular complexity index is 605. The van der Waals surface area contributed by atoms with Crippen molar-refractivity contribution in [3.8, 4) is 5.69 Å². The van der Waals surface area contributed by atoms with Crippen molar-refractivity contribution in [2.24, 2.45) is 0 Å². The van der Waals surface area contributed by atoms with Gasteiger partial charge in [-0.15, -0.1) is 5.10 Å². The Morgan fingerprint density at radius 3 is 2.45 bits per heavy atom. The molecule has 0 fully saturated rings. The van der Waals surface area contributed by atoms with Gasteiger partial charge in [-0.25, -0.2) is 9.48 Å². The predicted molar refractivity (Wildman–Crippen MR) is 62.3 cm³/mol. The maximum Gasteiger partial charge on any atom is 0.436 e. The molecule has 0 atom stereocenters. The number of aromatic nitrogens is 3. The van der Waals surface area contributed by atoms with Crippen LogP contribution in [0, 0.1) is 0 Å². The summed E-state index contributed by atoms with van der Waals surface area (Å²) < 4.78 is 43.0. The number of ether oxygens (including phenoxy) is 1. The van der Waals surface area contributed by atoms with Gasteiger partial charge in [0.25, 0.3) is 0 Å². The van der Waals surface area contributed by atoms with Gasteiger partial charge in [0.15, 0.2) is 5.69 Å². The molecule has 0 N–H and O–H groups in total. The average molecular weight is 285 g/mol. The van der Waals surface area contributed by atoms with E-state index in [4.69, 9.17) is 4.74 Å². The van der Waals surface area contributed by atoms with Gasteiger partial charge in [0, 0.05) is 0 Å². The summed E-state index contributed by atoms with van der Waals surface area (Å²) in [7, 11) is 0. The summed E-state index contributed by atoms with van der Waals surface area (Å²) in [6.07, 6.45) is -3.76. The fourth-order valence-electron chi connectivity index (χ4n) is 1.48. The van der Waals surface area contributed by atoms with Crippen LogP contribution in [0.4, 0.5) is 13.2 Å². The van der Waals surface area contributed by atoms with Gasteiger partial charge < -0.3 is 4.74 Å². The van der Waals surface area contributed by atoms with Crippen molar-refractivity contribution in [2.45, 2.75) is 13.1 Å². The molecule has 0 saturated carbocycles. The monoisotopic (exact) mass is 285 g/mol. The van der Waals surface area contributed by atoms with Crippen molar-refractivity contribution in [2.75, 3.05) is 6.61 Å². The smallest absolute Gasteiger partial charge is 0.436 e. The number of rotatable bonds is 3. The molecule has 1 aromatic carbocycles. The topological polar surface area (TPSA) is 57.0 Å². The molecule has 0 aliphatic rings. The van der Waals surface area contributed by atoms with Crippen molar-refractivity contribution in [1.29, 1.82) is 0 Å². The molecular formula is C12H10F3N3O2. The highest BCUT2D eigenvalue weighted by atomic mass is 19.4. The Kier molecular flexibility index (Phi) is 3.73. The Balaban J connectivity index is 2.22. The van der Waals surface area contributed by atoms with E-state index in [-0.39, 0.29) is 6.61 Å². The van der Waals surface area contributed by atoms with Crippen molar-refractivity contribution in [3.63, 3.8) is 0 Å². The summed E-state index contributed by atoms with van der Waals surface area (Å²) in [6.45, 7) is 1.93. The standard InChI is InChI=1S/C12H10F3N3O2/c1-2-20-11(19)8-3-5-9(6-4-8)18-7-10(16-17-18)12(13,14)15/h3-7H,2H2,1H3. The third kappa shape index (κ3) is 2.95. The molecule has 1 aromatic heterocycles. The van der Waals surface area contributed by atoms with Crippen LogP contribution in [0.1, 0.15) is 23.0 Å². The molecule has 5 nitrogen and oxygen atoms in total. The molecule has 0 unspecified atom stereocenters. The number of halogens is 3. The van der Waals surface area contributed by atoms with Crippen molar-refractivity contribution in [3.05, 3.63) is 41.7 Å². The molecule has 1 heterocycles. The van der Waals surface area contributed by atoms with Crippen molar-refractivity contribution >= 4 is 5.97 Å². The SMILES string of the molecule is CCOC(=O)c1ccc(-n2cc(C(F)(F)F)nn2)cc1. The number of nitrogens with zero attached hydrogens (tertiary/aromatic N) is 3. The van der Waals surface area contributed by atoms with E-state index in [0.717, 1.165) is 10.9 Å². The van der Waals surface area contributed by atoms with Crippen LogP contribution in [0.2, 0.25) is 0 Å². The molecule has 20 heavy (non-hydrogen) atoms. The maximum atomic E-state index is 12.4. The molecule has 8 heteroatoms. The first-order chi connectivity index (χ1) is 9.41. The van der Waals surface area contributed by atoms with Gasteiger partial charge in [0.1, 0.15) is 0 Å². The van der Waals surface area contributed by atoms with Crippen LogP contribution in [0.15, 0.2) is 30.5 Å². The van der Waals surface area contributed by atoms with E-state index in [9.17, 15) is 18.0 Å². The lowest BCUT2D eigenvalue weighted by atomic mass is 10.2. The van der Waals surface area contributed by atoms with Crippen LogP contribution in [0.5, 0.6) is 0 Å². The third-order valence-electron chi connectivity index (χ3n) is 2.43. The molecule has 0 saturated heterocycles. The summed E-state index contributed by atoms with van der Waals surface area (Å²) in [5.41, 5.74) is -0.403. The number of carbonyl (C=O) groups is 1. The summed E-state index contributed by atoms with van der Waals surface area (Å²) in [6, 6.07) is 5.81. The zero-order valence-corrected chi connectivity index (χ0v) is 10.4. The second kappa shape index (κ2) is 5.32. The first-order valence-corrected chi connectivity index (χ1v) is 5.69. The minimum absolute atomic E-state index is 0.249. The van der Waals surface area contributed by atoms with E-state index in [1.54, 1.807) is 6.92 Å². The normalized spacial score (nSPS) is 11.4. The molecular weight excluding hydrogens is 275 g/mol. The van der Waals surface area contributed by atoms with Gasteiger partial charge >= 0.3 is 12.1 Å². The number of alkyl halides is 3. The van der Waals surface area contributed by atoms with Crippen LogP contribution in [0.25, 0.3) is 5.69 Å². The third-order valence-corrected chi connectivity index (χ3v) is 2.43. The molecule has 2 aromatic rings. The van der Waals surface area contributed by atoms with Crippen LogP contribution >= 0.6 is 0 Å². The molecule has 0 radical (unpaired) electrons. The summed E-state index contributed by atoms with van der Waals surface area (Å²) in [5, 5.41) is 6.44. The number of esters is 1. The lowest BCUT2D eigenvalue weighted by molar-refractivity contribution is -0.141. The van der Waals surface area contributed by atoms with Gasteiger partial charge in [0.05, 0.1) is 24.1 Å². The quantitative estimate of drug-likeness (QED) is 0.813. The highest BCUT2D eigenvalue weighted by Gasteiger charge is 2.34. The fraction of sp³-hybridized carbons (Fsp3) is 0.250. The van der Waals surface area contributed by atoms with E-state index in [0.29, 0.717) is 11.3 Å². The van der Waals surface area contributed by atoms with E-state index in [1.807, 2.05) is 0 Å². The van der Waals surface area contributed by atoms with Gasteiger partial charge in [-0.1, -0.05) is 5.21 Å². The minimum Gasteiger partial charge on any atom is -0.462 e. The molecule has 0 amide bonds. The van der Waals surface area contributed by atoms with Crippen LogP contribution in [-0.4, -0.2) is 27.6 Å². The number of benzene rings is 1. The first-order valence-electron chi connectivity index (χ1n) is 5.69. The molecule has 0 spiro atoms. The minimum atomic E-state index is -4.54. The van der Waals surface area contributed by atoms with Crippen LogP contribution < -0.4 is 0 Å². The predicted octanol–water partition coefficient (Wildman–Crippen LogP) is 2.46. The van der Waals surface area contributed by atoms with Crippen molar-refractivity contribution in [1.82, 2.24) is 15.0 Å². The zero-order chi connectivity index (χ0) is 14.8. The molecule has 2 rings (SSSR count). The summed E-state index contributed by atoms with van der Waals surface area (Å²) in [4.78, 5) is 11.4. The molecule has 0 aliphatic heterocycles. The van der Waals surface area contributed by atoms with Crippen molar-refractivity contribution < 1.29 is 22.7 Å². The Hall–Kier alpha value is -2.38. The molecule has 0 bridgehead atoms. The van der Waals surface area contributed by atoms with E-state index in [1.165, 1.54) is 24.3 Å².